The minimum atomic E-state index is -0.485. The van der Waals surface area contributed by atoms with Crippen LogP contribution in [0.3, 0.4) is 0 Å². The predicted molar refractivity (Wildman–Crippen MR) is 101 cm³/mol. The Hall–Kier alpha value is -1.80. The van der Waals surface area contributed by atoms with Gasteiger partial charge in [-0.05, 0) is 36.4 Å². The SMILES string of the molecule is O=C(CSc1nnc(-c2ccc(Cl)cc2Cl)o1)Nc1ccc(F)cc1Cl. The second-order valence-electron chi connectivity index (χ2n) is 4.96. The second-order valence-corrected chi connectivity index (χ2v) is 7.14. The smallest absolute Gasteiger partial charge is 0.277 e. The molecular formula is C16H9Cl3FN3O2S. The monoisotopic (exact) mass is 431 g/mol. The molecule has 134 valence electrons. The third kappa shape index (κ3) is 4.67. The van der Waals surface area contributed by atoms with Gasteiger partial charge in [0, 0.05) is 5.02 Å². The highest BCUT2D eigenvalue weighted by Gasteiger charge is 2.14. The fourth-order valence-electron chi connectivity index (χ4n) is 1.94. The molecule has 2 aromatic carbocycles. The summed E-state index contributed by atoms with van der Waals surface area (Å²) in [5, 5.41) is 11.5. The number of nitrogens with zero attached hydrogens (tertiary/aromatic N) is 2. The van der Waals surface area contributed by atoms with Crippen molar-refractivity contribution >= 4 is 58.2 Å². The van der Waals surface area contributed by atoms with Gasteiger partial charge < -0.3 is 9.73 Å². The van der Waals surface area contributed by atoms with E-state index in [2.05, 4.69) is 15.5 Å². The highest BCUT2D eigenvalue weighted by Crippen LogP contribution is 2.31. The lowest BCUT2D eigenvalue weighted by Gasteiger charge is -2.06. The summed E-state index contributed by atoms with van der Waals surface area (Å²) in [4.78, 5) is 12.0. The molecule has 26 heavy (non-hydrogen) atoms. The minimum absolute atomic E-state index is 0.00366. The van der Waals surface area contributed by atoms with E-state index in [-0.39, 0.29) is 27.8 Å². The number of amides is 1. The zero-order chi connectivity index (χ0) is 18.7. The van der Waals surface area contributed by atoms with Crippen LogP contribution in [0.5, 0.6) is 0 Å². The van der Waals surface area contributed by atoms with Crippen LogP contribution in [0.15, 0.2) is 46.0 Å². The Morgan fingerprint density at radius 1 is 1.12 bits per heavy atom. The largest absolute Gasteiger partial charge is 0.411 e. The van der Waals surface area contributed by atoms with Crippen molar-refractivity contribution in [1.29, 1.82) is 0 Å². The van der Waals surface area contributed by atoms with E-state index < -0.39 is 5.82 Å². The van der Waals surface area contributed by atoms with E-state index >= 15 is 0 Å². The molecule has 0 bridgehead atoms. The molecule has 0 saturated carbocycles. The lowest BCUT2D eigenvalue weighted by atomic mass is 10.2. The van der Waals surface area contributed by atoms with Crippen LogP contribution in [-0.2, 0) is 4.79 Å². The Morgan fingerprint density at radius 2 is 1.92 bits per heavy atom. The standard InChI is InChI=1S/C16H9Cl3FN3O2S/c17-8-1-3-10(11(18)5-8)15-22-23-16(25-15)26-7-14(24)21-13-4-2-9(20)6-12(13)19/h1-6H,7H2,(H,21,24). The number of carbonyl (C=O) groups is 1. The summed E-state index contributed by atoms with van der Waals surface area (Å²) >= 11 is 18.9. The van der Waals surface area contributed by atoms with Crippen molar-refractivity contribution in [1.82, 2.24) is 10.2 Å². The molecule has 1 amide bonds. The number of halogens is 4. The molecule has 0 aliphatic rings. The zero-order valence-corrected chi connectivity index (χ0v) is 15.9. The number of nitrogens with one attached hydrogen (secondary N) is 1. The molecule has 0 spiro atoms. The molecule has 0 unspecified atom stereocenters. The normalized spacial score (nSPS) is 10.8. The molecular weight excluding hydrogens is 424 g/mol. The van der Waals surface area contributed by atoms with Crippen LogP contribution in [0.1, 0.15) is 0 Å². The molecule has 0 aliphatic heterocycles. The zero-order valence-electron chi connectivity index (χ0n) is 12.8. The first-order chi connectivity index (χ1) is 12.4. The van der Waals surface area contributed by atoms with Gasteiger partial charge in [-0.15, -0.1) is 10.2 Å². The van der Waals surface area contributed by atoms with Crippen LogP contribution < -0.4 is 5.32 Å². The lowest BCUT2D eigenvalue weighted by Crippen LogP contribution is -2.14. The number of thioether (sulfide) groups is 1. The van der Waals surface area contributed by atoms with Gasteiger partial charge in [-0.25, -0.2) is 4.39 Å². The van der Waals surface area contributed by atoms with Crippen molar-refractivity contribution in [3.05, 3.63) is 57.3 Å². The molecule has 3 aromatic rings. The van der Waals surface area contributed by atoms with Gasteiger partial charge in [0.2, 0.25) is 11.8 Å². The summed E-state index contributed by atoms with van der Waals surface area (Å²) in [6.07, 6.45) is 0. The van der Waals surface area contributed by atoms with Crippen LogP contribution in [-0.4, -0.2) is 21.9 Å². The van der Waals surface area contributed by atoms with Crippen LogP contribution in [0.4, 0.5) is 10.1 Å². The first-order valence-corrected chi connectivity index (χ1v) is 9.21. The number of anilines is 1. The van der Waals surface area contributed by atoms with E-state index in [1.807, 2.05) is 0 Å². The highest BCUT2D eigenvalue weighted by molar-refractivity contribution is 7.99. The van der Waals surface area contributed by atoms with Crippen molar-refractivity contribution in [2.45, 2.75) is 5.22 Å². The summed E-state index contributed by atoms with van der Waals surface area (Å²) < 4.78 is 18.5. The molecule has 0 radical (unpaired) electrons. The van der Waals surface area contributed by atoms with Gasteiger partial charge in [0.05, 0.1) is 27.0 Å². The molecule has 1 aromatic heterocycles. The Bertz CT molecular complexity index is 968. The van der Waals surface area contributed by atoms with Gasteiger partial charge in [-0.3, -0.25) is 4.79 Å². The van der Waals surface area contributed by atoms with Crippen LogP contribution in [0.2, 0.25) is 15.1 Å². The van der Waals surface area contributed by atoms with Crippen molar-refractivity contribution in [3.8, 4) is 11.5 Å². The summed E-state index contributed by atoms with van der Waals surface area (Å²) in [6, 6.07) is 8.58. The summed E-state index contributed by atoms with van der Waals surface area (Å²) in [5.41, 5.74) is 0.857. The molecule has 1 N–H and O–H groups in total. The van der Waals surface area contributed by atoms with Gasteiger partial charge in [-0.2, -0.15) is 0 Å². The Balaban J connectivity index is 1.61. The minimum Gasteiger partial charge on any atom is -0.411 e. The molecule has 10 heteroatoms. The van der Waals surface area contributed by atoms with Gasteiger partial charge >= 0.3 is 0 Å². The molecule has 0 fully saturated rings. The van der Waals surface area contributed by atoms with E-state index in [4.69, 9.17) is 39.2 Å². The Morgan fingerprint density at radius 3 is 2.65 bits per heavy atom. The van der Waals surface area contributed by atoms with Gasteiger partial charge in [0.25, 0.3) is 5.22 Å². The maximum Gasteiger partial charge on any atom is 0.277 e. The Labute approximate surface area is 166 Å². The summed E-state index contributed by atoms with van der Waals surface area (Å²) in [6.45, 7) is 0. The molecule has 0 atom stereocenters. The van der Waals surface area contributed by atoms with E-state index in [1.54, 1.807) is 18.2 Å². The third-order valence-electron chi connectivity index (χ3n) is 3.10. The number of rotatable bonds is 5. The van der Waals surface area contributed by atoms with E-state index in [0.29, 0.717) is 21.3 Å². The molecule has 1 heterocycles. The number of hydrogen-bond acceptors (Lipinski definition) is 5. The quantitative estimate of drug-likeness (QED) is 0.534. The number of benzene rings is 2. The molecule has 0 aliphatic carbocycles. The second kappa shape index (κ2) is 8.26. The van der Waals surface area contributed by atoms with Crippen molar-refractivity contribution in [2.24, 2.45) is 0 Å². The number of hydrogen-bond donors (Lipinski definition) is 1. The maximum atomic E-state index is 13.0. The van der Waals surface area contributed by atoms with E-state index in [1.165, 1.54) is 12.1 Å². The van der Waals surface area contributed by atoms with Crippen LogP contribution in [0, 0.1) is 5.82 Å². The van der Waals surface area contributed by atoms with Crippen LogP contribution >= 0.6 is 46.6 Å². The van der Waals surface area contributed by atoms with Gasteiger partial charge in [0.1, 0.15) is 5.82 Å². The molecule has 3 rings (SSSR count). The van der Waals surface area contributed by atoms with Crippen molar-refractivity contribution in [2.75, 3.05) is 11.1 Å². The number of aromatic nitrogens is 2. The molecule has 0 saturated heterocycles. The van der Waals surface area contributed by atoms with Crippen molar-refractivity contribution < 1.29 is 13.6 Å². The molecule has 5 nitrogen and oxygen atoms in total. The maximum absolute atomic E-state index is 13.0. The fraction of sp³-hybridized carbons (Fsp3) is 0.0625. The van der Waals surface area contributed by atoms with Gasteiger partial charge in [-0.1, -0.05) is 46.6 Å². The first kappa shape index (κ1) is 19.0. The summed E-state index contributed by atoms with van der Waals surface area (Å²) in [5.74, 6) is -0.616. The van der Waals surface area contributed by atoms with E-state index in [9.17, 15) is 9.18 Å². The summed E-state index contributed by atoms with van der Waals surface area (Å²) in [7, 11) is 0. The number of carbonyl (C=O) groups excluding carboxylic acids is 1. The Kier molecular flexibility index (Phi) is 6.03. The van der Waals surface area contributed by atoms with Crippen molar-refractivity contribution in [3.63, 3.8) is 0 Å². The first-order valence-electron chi connectivity index (χ1n) is 7.09. The average molecular weight is 433 g/mol. The lowest BCUT2D eigenvalue weighted by molar-refractivity contribution is -0.113. The van der Waals surface area contributed by atoms with Crippen LogP contribution in [0.25, 0.3) is 11.5 Å². The topological polar surface area (TPSA) is 68.0 Å². The fourth-order valence-corrected chi connectivity index (χ4v) is 3.21. The van der Waals surface area contributed by atoms with Gasteiger partial charge in [0.15, 0.2) is 0 Å². The van der Waals surface area contributed by atoms with E-state index in [0.717, 1.165) is 17.8 Å². The average Bonchev–Trinajstić information content (AvgIpc) is 3.04. The predicted octanol–water partition coefficient (Wildman–Crippen LogP) is 5.57. The third-order valence-corrected chi connectivity index (χ3v) is 4.78. The highest BCUT2D eigenvalue weighted by atomic mass is 35.5.